The molecular formula is C20H23N5OS. The van der Waals surface area contributed by atoms with Crippen LogP contribution >= 0.6 is 11.8 Å². The van der Waals surface area contributed by atoms with Crippen LogP contribution in [0.25, 0.3) is 5.69 Å². The van der Waals surface area contributed by atoms with Gasteiger partial charge in [0, 0.05) is 5.69 Å². The molecule has 1 N–H and O–H groups in total. The van der Waals surface area contributed by atoms with Crippen molar-refractivity contribution < 1.29 is 4.79 Å². The summed E-state index contributed by atoms with van der Waals surface area (Å²) in [6.45, 7) is 8.14. The third-order valence-electron chi connectivity index (χ3n) is 4.28. The van der Waals surface area contributed by atoms with Crippen molar-refractivity contribution in [2.75, 3.05) is 5.32 Å². The highest BCUT2D eigenvalue weighted by Crippen LogP contribution is 2.25. The highest BCUT2D eigenvalue weighted by molar-refractivity contribution is 8.00. The van der Waals surface area contributed by atoms with Crippen molar-refractivity contribution in [1.29, 1.82) is 0 Å². The molecule has 27 heavy (non-hydrogen) atoms. The maximum absolute atomic E-state index is 12.6. The van der Waals surface area contributed by atoms with Gasteiger partial charge in [-0.15, -0.1) is 5.10 Å². The van der Waals surface area contributed by atoms with Gasteiger partial charge in [-0.05, 0) is 59.5 Å². The first-order valence-corrected chi connectivity index (χ1v) is 9.75. The molecule has 140 valence electrons. The van der Waals surface area contributed by atoms with Crippen molar-refractivity contribution in [2.24, 2.45) is 0 Å². The zero-order valence-electron chi connectivity index (χ0n) is 15.9. The Morgan fingerprint density at radius 1 is 1.07 bits per heavy atom. The fraction of sp³-hybridized carbons (Fsp3) is 0.300. The van der Waals surface area contributed by atoms with E-state index in [1.54, 1.807) is 4.68 Å². The van der Waals surface area contributed by atoms with E-state index >= 15 is 0 Å². The molecule has 0 aliphatic carbocycles. The number of hydrogen-bond acceptors (Lipinski definition) is 5. The number of para-hydroxylation sites is 1. The minimum Gasteiger partial charge on any atom is -0.325 e. The molecular weight excluding hydrogens is 358 g/mol. The Labute approximate surface area is 163 Å². The summed E-state index contributed by atoms with van der Waals surface area (Å²) in [5.41, 5.74) is 4.00. The summed E-state index contributed by atoms with van der Waals surface area (Å²) in [6, 6.07) is 15.8. The molecule has 0 unspecified atom stereocenters. The third-order valence-corrected chi connectivity index (χ3v) is 5.31. The molecule has 0 saturated carbocycles. The molecule has 2 aromatic carbocycles. The van der Waals surface area contributed by atoms with Gasteiger partial charge in [0.05, 0.1) is 10.9 Å². The fourth-order valence-corrected chi connectivity index (χ4v) is 3.41. The van der Waals surface area contributed by atoms with E-state index < -0.39 is 0 Å². The Morgan fingerprint density at radius 3 is 2.44 bits per heavy atom. The van der Waals surface area contributed by atoms with Gasteiger partial charge in [0.25, 0.3) is 0 Å². The zero-order valence-corrected chi connectivity index (χ0v) is 16.7. The van der Waals surface area contributed by atoms with Gasteiger partial charge in [0.15, 0.2) is 0 Å². The quantitative estimate of drug-likeness (QED) is 0.648. The average molecular weight is 382 g/mol. The summed E-state index contributed by atoms with van der Waals surface area (Å²) in [6.07, 6.45) is 0. The molecule has 0 bridgehead atoms. The van der Waals surface area contributed by atoms with Gasteiger partial charge in [-0.25, -0.2) is 0 Å². The van der Waals surface area contributed by atoms with E-state index in [0.717, 1.165) is 16.9 Å². The van der Waals surface area contributed by atoms with Gasteiger partial charge in [-0.1, -0.05) is 55.9 Å². The lowest BCUT2D eigenvalue weighted by atomic mass is 10.0. The number of amides is 1. The number of nitrogens with one attached hydrogen (secondary N) is 1. The molecule has 1 atom stereocenters. The van der Waals surface area contributed by atoms with Crippen LogP contribution in [0.2, 0.25) is 0 Å². The Kier molecular flexibility index (Phi) is 5.91. The average Bonchev–Trinajstić information content (AvgIpc) is 3.10. The lowest BCUT2D eigenvalue weighted by molar-refractivity contribution is -0.115. The van der Waals surface area contributed by atoms with E-state index in [-0.39, 0.29) is 11.2 Å². The largest absolute Gasteiger partial charge is 0.325 e. The van der Waals surface area contributed by atoms with E-state index in [9.17, 15) is 4.79 Å². The highest BCUT2D eigenvalue weighted by atomic mass is 32.2. The van der Waals surface area contributed by atoms with Gasteiger partial charge in [0.1, 0.15) is 0 Å². The van der Waals surface area contributed by atoms with Crippen LogP contribution in [-0.4, -0.2) is 31.4 Å². The van der Waals surface area contributed by atoms with Crippen LogP contribution in [0.1, 0.15) is 37.8 Å². The molecule has 0 saturated heterocycles. The second-order valence-electron chi connectivity index (χ2n) is 6.69. The number of nitrogens with zero attached hydrogens (tertiary/aromatic N) is 4. The lowest BCUT2D eigenvalue weighted by Crippen LogP contribution is -2.23. The monoisotopic (exact) mass is 381 g/mol. The van der Waals surface area contributed by atoms with Crippen LogP contribution in [0, 0.1) is 6.92 Å². The van der Waals surface area contributed by atoms with Crippen molar-refractivity contribution >= 4 is 23.4 Å². The molecule has 0 radical (unpaired) electrons. The van der Waals surface area contributed by atoms with Crippen LogP contribution in [0.5, 0.6) is 0 Å². The number of benzene rings is 2. The van der Waals surface area contributed by atoms with Crippen molar-refractivity contribution in [3.05, 3.63) is 59.7 Å². The van der Waals surface area contributed by atoms with Crippen LogP contribution < -0.4 is 5.32 Å². The standard InChI is InChI=1S/C20H23N5OS/c1-13(2)16-9-11-17(12-10-16)21-19(26)15(4)27-20-22-23-24-25(20)18-8-6-5-7-14(18)3/h5-13,15H,1-4H3,(H,21,26)/t15-/m1/s1. The lowest BCUT2D eigenvalue weighted by Gasteiger charge is -2.13. The number of rotatable bonds is 6. The summed E-state index contributed by atoms with van der Waals surface area (Å²) in [5.74, 6) is 0.376. The van der Waals surface area contributed by atoms with Gasteiger partial charge < -0.3 is 5.32 Å². The van der Waals surface area contributed by atoms with Crippen LogP contribution in [-0.2, 0) is 4.79 Å². The maximum Gasteiger partial charge on any atom is 0.237 e. The number of carbonyl (C=O) groups is 1. The molecule has 3 aromatic rings. The zero-order chi connectivity index (χ0) is 19.4. The number of thioether (sulfide) groups is 1. The van der Waals surface area contributed by atoms with E-state index in [4.69, 9.17) is 0 Å². The number of hydrogen-bond donors (Lipinski definition) is 1. The van der Waals surface area contributed by atoms with Gasteiger partial charge >= 0.3 is 0 Å². The summed E-state index contributed by atoms with van der Waals surface area (Å²) < 4.78 is 1.67. The minimum atomic E-state index is -0.344. The number of carbonyl (C=O) groups excluding carboxylic acids is 1. The first-order chi connectivity index (χ1) is 13.0. The second kappa shape index (κ2) is 8.35. The number of aromatic nitrogens is 4. The number of tetrazole rings is 1. The molecule has 7 heteroatoms. The normalized spacial score (nSPS) is 12.2. The van der Waals surface area contributed by atoms with Gasteiger partial charge in [-0.2, -0.15) is 4.68 Å². The minimum absolute atomic E-state index is 0.0865. The topological polar surface area (TPSA) is 72.7 Å². The molecule has 1 aromatic heterocycles. The summed E-state index contributed by atoms with van der Waals surface area (Å²) in [7, 11) is 0. The molecule has 1 amide bonds. The predicted octanol–water partition coefficient (Wildman–Crippen LogP) is 4.21. The smallest absolute Gasteiger partial charge is 0.237 e. The fourth-order valence-electron chi connectivity index (χ4n) is 2.61. The van der Waals surface area contributed by atoms with E-state index in [0.29, 0.717) is 11.1 Å². The van der Waals surface area contributed by atoms with Crippen molar-refractivity contribution in [3.8, 4) is 5.69 Å². The molecule has 0 fully saturated rings. The highest BCUT2D eigenvalue weighted by Gasteiger charge is 2.20. The first-order valence-electron chi connectivity index (χ1n) is 8.87. The van der Waals surface area contributed by atoms with Crippen molar-refractivity contribution in [2.45, 2.75) is 44.0 Å². The molecule has 0 aliphatic rings. The van der Waals surface area contributed by atoms with E-state index in [2.05, 4.69) is 34.7 Å². The first kappa shape index (κ1) is 19.1. The van der Waals surface area contributed by atoms with E-state index in [1.807, 2.05) is 62.4 Å². The van der Waals surface area contributed by atoms with Crippen molar-refractivity contribution in [1.82, 2.24) is 20.2 Å². The Hall–Kier alpha value is -2.67. The third kappa shape index (κ3) is 4.54. The van der Waals surface area contributed by atoms with Crippen LogP contribution in [0.15, 0.2) is 53.7 Å². The van der Waals surface area contributed by atoms with Gasteiger partial charge in [0.2, 0.25) is 11.1 Å². The van der Waals surface area contributed by atoms with Crippen molar-refractivity contribution in [3.63, 3.8) is 0 Å². The number of aryl methyl sites for hydroxylation is 1. The molecule has 0 aliphatic heterocycles. The van der Waals surface area contributed by atoms with E-state index in [1.165, 1.54) is 17.3 Å². The second-order valence-corrected chi connectivity index (χ2v) is 7.99. The molecule has 3 rings (SSSR count). The number of anilines is 1. The summed E-state index contributed by atoms with van der Waals surface area (Å²) in [4.78, 5) is 12.6. The van der Waals surface area contributed by atoms with Crippen LogP contribution in [0.4, 0.5) is 5.69 Å². The Bertz CT molecular complexity index is 920. The molecule has 1 heterocycles. The molecule has 6 nitrogen and oxygen atoms in total. The predicted molar refractivity (Wildman–Crippen MR) is 108 cm³/mol. The summed E-state index contributed by atoms with van der Waals surface area (Å²) >= 11 is 1.33. The molecule has 0 spiro atoms. The Balaban J connectivity index is 1.69. The van der Waals surface area contributed by atoms with Gasteiger partial charge in [-0.3, -0.25) is 4.79 Å². The summed E-state index contributed by atoms with van der Waals surface area (Å²) in [5, 5.41) is 15.1. The van der Waals surface area contributed by atoms with Crippen LogP contribution in [0.3, 0.4) is 0 Å². The Morgan fingerprint density at radius 2 is 1.78 bits per heavy atom. The SMILES string of the molecule is Cc1ccccc1-n1nnnc1S[C@H](C)C(=O)Nc1ccc(C(C)C)cc1. The maximum atomic E-state index is 12.6.